The molecule has 0 bridgehead atoms. The largest absolute Gasteiger partial charge is 0.494 e. The third-order valence-corrected chi connectivity index (χ3v) is 3.91. The van der Waals surface area contributed by atoms with Gasteiger partial charge in [0.2, 0.25) is 0 Å². The molecule has 0 aliphatic carbocycles. The standard InChI is InChI=1S/C20H24O3/c1-3-4-13-23-18-11-7-16(8-12-18)14-19(20(21)22)17-9-5-15(2)6-10-17/h5-12,19H,3-4,13-14H2,1-2H3,(H,21,22). The first-order valence-electron chi connectivity index (χ1n) is 8.11. The predicted molar refractivity (Wildman–Crippen MR) is 92.1 cm³/mol. The van der Waals surface area contributed by atoms with Crippen LogP contribution in [0, 0.1) is 6.92 Å². The number of rotatable bonds is 8. The molecule has 1 unspecified atom stereocenters. The molecule has 0 spiro atoms. The quantitative estimate of drug-likeness (QED) is 0.725. The van der Waals surface area contributed by atoms with E-state index in [1.54, 1.807) is 0 Å². The van der Waals surface area contributed by atoms with Gasteiger partial charge in [0.05, 0.1) is 12.5 Å². The lowest BCUT2D eigenvalue weighted by molar-refractivity contribution is -0.138. The molecular formula is C20H24O3. The van der Waals surface area contributed by atoms with Gasteiger partial charge in [-0.1, -0.05) is 55.3 Å². The lowest BCUT2D eigenvalue weighted by Crippen LogP contribution is -2.14. The van der Waals surface area contributed by atoms with E-state index < -0.39 is 11.9 Å². The van der Waals surface area contributed by atoms with E-state index in [2.05, 4.69) is 6.92 Å². The van der Waals surface area contributed by atoms with Crippen LogP contribution in [-0.2, 0) is 11.2 Å². The van der Waals surface area contributed by atoms with E-state index in [1.165, 1.54) is 0 Å². The number of benzene rings is 2. The highest BCUT2D eigenvalue weighted by Crippen LogP contribution is 2.23. The number of aliphatic carboxylic acids is 1. The smallest absolute Gasteiger partial charge is 0.311 e. The number of aryl methyl sites for hydroxylation is 1. The zero-order valence-corrected chi connectivity index (χ0v) is 13.8. The number of hydrogen-bond acceptors (Lipinski definition) is 2. The topological polar surface area (TPSA) is 46.5 Å². The maximum absolute atomic E-state index is 11.6. The first kappa shape index (κ1) is 17.1. The Kier molecular flexibility index (Phi) is 6.21. The molecule has 2 rings (SSSR count). The van der Waals surface area contributed by atoms with Gasteiger partial charge in [0.1, 0.15) is 5.75 Å². The van der Waals surface area contributed by atoms with Crippen LogP contribution in [0.5, 0.6) is 5.75 Å². The van der Waals surface area contributed by atoms with Crippen molar-refractivity contribution in [2.45, 2.75) is 39.0 Å². The van der Waals surface area contributed by atoms with Crippen molar-refractivity contribution >= 4 is 5.97 Å². The van der Waals surface area contributed by atoms with Gasteiger partial charge in [0, 0.05) is 0 Å². The molecule has 0 aromatic heterocycles. The van der Waals surface area contributed by atoms with Crippen LogP contribution in [0.2, 0.25) is 0 Å². The molecule has 3 heteroatoms. The monoisotopic (exact) mass is 312 g/mol. The van der Waals surface area contributed by atoms with Crippen LogP contribution in [0.1, 0.15) is 42.4 Å². The minimum Gasteiger partial charge on any atom is -0.494 e. The molecule has 122 valence electrons. The van der Waals surface area contributed by atoms with E-state index in [0.29, 0.717) is 6.42 Å². The molecule has 0 radical (unpaired) electrons. The van der Waals surface area contributed by atoms with Crippen LogP contribution in [0.15, 0.2) is 48.5 Å². The third kappa shape index (κ3) is 5.13. The van der Waals surface area contributed by atoms with Crippen molar-refractivity contribution in [2.24, 2.45) is 0 Å². The summed E-state index contributed by atoms with van der Waals surface area (Å²) in [6, 6.07) is 15.4. The fourth-order valence-electron chi connectivity index (χ4n) is 2.44. The van der Waals surface area contributed by atoms with Gasteiger partial charge in [-0.05, 0) is 43.0 Å². The summed E-state index contributed by atoms with van der Waals surface area (Å²) in [6.45, 7) is 4.84. The molecule has 0 saturated carbocycles. The van der Waals surface area contributed by atoms with Crippen molar-refractivity contribution in [1.82, 2.24) is 0 Å². The van der Waals surface area contributed by atoms with Crippen molar-refractivity contribution in [3.8, 4) is 5.75 Å². The summed E-state index contributed by atoms with van der Waals surface area (Å²) in [5.74, 6) is -0.482. The molecule has 0 fully saturated rings. The summed E-state index contributed by atoms with van der Waals surface area (Å²) in [6.07, 6.45) is 2.62. The zero-order valence-electron chi connectivity index (χ0n) is 13.8. The Hall–Kier alpha value is -2.29. The van der Waals surface area contributed by atoms with Gasteiger partial charge in [-0.25, -0.2) is 0 Å². The molecule has 2 aromatic rings. The minimum atomic E-state index is -0.794. The maximum atomic E-state index is 11.6. The van der Waals surface area contributed by atoms with E-state index in [9.17, 15) is 9.90 Å². The summed E-state index contributed by atoms with van der Waals surface area (Å²) in [5, 5.41) is 9.53. The number of ether oxygens (including phenoxy) is 1. The summed E-state index contributed by atoms with van der Waals surface area (Å²) in [7, 11) is 0. The van der Waals surface area contributed by atoms with E-state index >= 15 is 0 Å². The van der Waals surface area contributed by atoms with Crippen molar-refractivity contribution in [2.75, 3.05) is 6.61 Å². The number of unbranched alkanes of at least 4 members (excludes halogenated alkanes) is 1. The second-order valence-electron chi connectivity index (χ2n) is 5.85. The van der Waals surface area contributed by atoms with Gasteiger partial charge in [-0.2, -0.15) is 0 Å². The fourth-order valence-corrected chi connectivity index (χ4v) is 2.44. The second kappa shape index (κ2) is 8.37. The predicted octanol–water partition coefficient (Wildman–Crippen LogP) is 4.58. The van der Waals surface area contributed by atoms with E-state index in [0.717, 1.165) is 41.9 Å². The molecular weight excluding hydrogens is 288 g/mol. The van der Waals surface area contributed by atoms with Crippen molar-refractivity contribution in [3.05, 3.63) is 65.2 Å². The summed E-state index contributed by atoms with van der Waals surface area (Å²) >= 11 is 0. The highest BCUT2D eigenvalue weighted by atomic mass is 16.5. The number of carbonyl (C=O) groups is 1. The molecule has 0 saturated heterocycles. The molecule has 0 aliphatic heterocycles. The lowest BCUT2D eigenvalue weighted by Gasteiger charge is -2.14. The van der Waals surface area contributed by atoms with Crippen LogP contribution in [-0.4, -0.2) is 17.7 Å². The number of carboxylic acids is 1. The summed E-state index contributed by atoms with van der Waals surface area (Å²) in [4.78, 5) is 11.6. The van der Waals surface area contributed by atoms with Gasteiger partial charge >= 0.3 is 5.97 Å². The van der Waals surface area contributed by atoms with Crippen LogP contribution in [0.4, 0.5) is 0 Å². The average molecular weight is 312 g/mol. The molecule has 0 amide bonds. The number of hydrogen-bond donors (Lipinski definition) is 1. The Morgan fingerprint density at radius 1 is 1.09 bits per heavy atom. The minimum absolute atomic E-state index is 0.480. The first-order valence-corrected chi connectivity index (χ1v) is 8.11. The highest BCUT2D eigenvalue weighted by Gasteiger charge is 2.20. The van der Waals surface area contributed by atoms with Gasteiger partial charge in [-0.15, -0.1) is 0 Å². The highest BCUT2D eigenvalue weighted by molar-refractivity contribution is 5.76. The van der Waals surface area contributed by atoms with E-state index in [1.807, 2.05) is 55.5 Å². The van der Waals surface area contributed by atoms with E-state index in [4.69, 9.17) is 4.74 Å². The Labute approximate surface area is 137 Å². The molecule has 3 nitrogen and oxygen atoms in total. The third-order valence-electron chi connectivity index (χ3n) is 3.91. The van der Waals surface area contributed by atoms with Crippen molar-refractivity contribution in [3.63, 3.8) is 0 Å². The van der Waals surface area contributed by atoms with Crippen LogP contribution >= 0.6 is 0 Å². The first-order chi connectivity index (χ1) is 11.1. The van der Waals surface area contributed by atoms with Crippen LogP contribution in [0.25, 0.3) is 0 Å². The molecule has 23 heavy (non-hydrogen) atoms. The average Bonchev–Trinajstić information content (AvgIpc) is 2.55. The molecule has 1 atom stereocenters. The molecule has 2 aromatic carbocycles. The summed E-state index contributed by atoms with van der Waals surface area (Å²) < 4.78 is 5.64. The van der Waals surface area contributed by atoms with Crippen molar-refractivity contribution < 1.29 is 14.6 Å². The van der Waals surface area contributed by atoms with Gasteiger partial charge in [0.15, 0.2) is 0 Å². The summed E-state index contributed by atoms with van der Waals surface area (Å²) in [5.41, 5.74) is 2.97. The Morgan fingerprint density at radius 2 is 1.74 bits per heavy atom. The Morgan fingerprint density at radius 3 is 2.30 bits per heavy atom. The second-order valence-corrected chi connectivity index (χ2v) is 5.85. The molecule has 1 N–H and O–H groups in total. The Bertz CT molecular complexity index is 614. The lowest BCUT2D eigenvalue weighted by atomic mass is 9.91. The van der Waals surface area contributed by atoms with Gasteiger partial charge in [0.25, 0.3) is 0 Å². The van der Waals surface area contributed by atoms with Crippen LogP contribution in [0.3, 0.4) is 0 Å². The fraction of sp³-hybridized carbons (Fsp3) is 0.350. The van der Waals surface area contributed by atoms with Gasteiger partial charge in [-0.3, -0.25) is 4.79 Å². The number of carboxylic acid groups (broad SMARTS) is 1. The molecule has 0 heterocycles. The molecule has 0 aliphatic rings. The maximum Gasteiger partial charge on any atom is 0.311 e. The normalized spacial score (nSPS) is 11.9. The van der Waals surface area contributed by atoms with E-state index in [-0.39, 0.29) is 0 Å². The van der Waals surface area contributed by atoms with Crippen LogP contribution < -0.4 is 4.74 Å². The zero-order chi connectivity index (χ0) is 16.7. The Balaban J connectivity index is 2.05. The van der Waals surface area contributed by atoms with Gasteiger partial charge < -0.3 is 9.84 Å². The SMILES string of the molecule is CCCCOc1ccc(CC(C(=O)O)c2ccc(C)cc2)cc1. The van der Waals surface area contributed by atoms with Crippen molar-refractivity contribution in [1.29, 1.82) is 0 Å².